The average Bonchev–Trinajstić information content (AvgIpc) is 3.26. The zero-order valence-corrected chi connectivity index (χ0v) is 15.2. The number of pyridine rings is 1. The number of alkyl halides is 6. The van der Waals surface area contributed by atoms with E-state index in [1.165, 1.54) is 0 Å². The molecule has 0 aromatic carbocycles. The van der Waals surface area contributed by atoms with E-state index in [9.17, 15) is 31.1 Å². The molecule has 0 fully saturated rings. The molecule has 0 radical (unpaired) electrons. The first-order valence-electron chi connectivity index (χ1n) is 8.90. The number of halogens is 6. The lowest BCUT2D eigenvalue weighted by Gasteiger charge is -2.15. The Labute approximate surface area is 164 Å². The Bertz CT molecular complexity index is 1110. The van der Waals surface area contributed by atoms with E-state index in [1.54, 1.807) is 0 Å². The van der Waals surface area contributed by atoms with Crippen LogP contribution in [0.3, 0.4) is 0 Å². The Morgan fingerprint density at radius 2 is 1.83 bits per heavy atom. The maximum atomic E-state index is 13.3. The Kier molecular flexibility index (Phi) is 4.70. The van der Waals surface area contributed by atoms with Gasteiger partial charge in [0.15, 0.2) is 11.3 Å². The lowest BCUT2D eigenvalue weighted by molar-refractivity contribution is -0.142. The van der Waals surface area contributed by atoms with E-state index >= 15 is 0 Å². The molecule has 0 atom stereocenters. The highest BCUT2D eigenvalue weighted by Crippen LogP contribution is 2.36. The largest absolute Gasteiger partial charge is 0.435 e. The summed E-state index contributed by atoms with van der Waals surface area (Å²) in [6.07, 6.45) is -5.74. The molecule has 3 heterocycles. The quantitative estimate of drug-likeness (QED) is 0.643. The summed E-state index contributed by atoms with van der Waals surface area (Å²) in [6.45, 7) is -0.574. The van der Waals surface area contributed by atoms with Crippen molar-refractivity contribution in [3.05, 3.63) is 41.1 Å². The second kappa shape index (κ2) is 6.99. The van der Waals surface area contributed by atoms with Crippen molar-refractivity contribution < 1.29 is 31.1 Å². The molecule has 1 aliphatic rings. The average molecular weight is 432 g/mol. The molecule has 30 heavy (non-hydrogen) atoms. The molecule has 0 saturated heterocycles. The summed E-state index contributed by atoms with van der Waals surface area (Å²) in [4.78, 5) is 12.5. The summed E-state index contributed by atoms with van der Waals surface area (Å²) in [7, 11) is 0. The number of hydrogen-bond acceptors (Lipinski definition) is 4. The third kappa shape index (κ3) is 3.71. The van der Waals surface area contributed by atoms with Gasteiger partial charge >= 0.3 is 12.4 Å². The number of rotatable bonds is 3. The predicted octanol–water partition coefficient (Wildman–Crippen LogP) is 3.48. The minimum absolute atomic E-state index is 0.0326. The third-order valence-corrected chi connectivity index (χ3v) is 4.81. The molecule has 1 amide bonds. The van der Waals surface area contributed by atoms with Crippen LogP contribution in [0.4, 0.5) is 32.0 Å². The van der Waals surface area contributed by atoms with Gasteiger partial charge in [-0.1, -0.05) is 0 Å². The van der Waals surface area contributed by atoms with Crippen molar-refractivity contribution in [3.63, 3.8) is 0 Å². The zero-order chi connectivity index (χ0) is 21.7. The van der Waals surface area contributed by atoms with Crippen LogP contribution in [0.1, 0.15) is 35.4 Å². The maximum absolute atomic E-state index is 13.3. The van der Waals surface area contributed by atoms with Crippen LogP contribution in [0.2, 0.25) is 0 Å². The molecule has 1 aliphatic carbocycles. The van der Waals surface area contributed by atoms with Gasteiger partial charge in [0, 0.05) is 17.5 Å². The number of carbonyl (C=O) groups excluding carboxylic acids is 1. The molecule has 3 aromatic heterocycles. The van der Waals surface area contributed by atoms with E-state index in [0.29, 0.717) is 31.0 Å². The van der Waals surface area contributed by atoms with E-state index in [-0.39, 0.29) is 23.3 Å². The highest BCUT2D eigenvalue weighted by atomic mass is 19.4. The van der Waals surface area contributed by atoms with Crippen LogP contribution in [0, 0.1) is 0 Å². The highest BCUT2D eigenvalue weighted by Gasteiger charge is 2.39. The van der Waals surface area contributed by atoms with Crippen LogP contribution in [-0.2, 0) is 36.5 Å². The SMILES string of the molecule is O=C(Cn1nc(C(F)(F)F)c2c1CCCC2)Nc1cc(C(F)(F)F)cn2cnnc12. The summed E-state index contributed by atoms with van der Waals surface area (Å²) < 4.78 is 81.1. The van der Waals surface area contributed by atoms with Crippen LogP contribution in [0.25, 0.3) is 5.65 Å². The Balaban J connectivity index is 1.64. The normalized spacial score (nSPS) is 14.7. The summed E-state index contributed by atoms with van der Waals surface area (Å²) in [5.41, 5.74) is -1.97. The number of anilines is 1. The predicted molar refractivity (Wildman–Crippen MR) is 90.5 cm³/mol. The second-order valence-corrected chi connectivity index (χ2v) is 6.89. The van der Waals surface area contributed by atoms with Crippen molar-refractivity contribution in [1.82, 2.24) is 24.4 Å². The minimum Gasteiger partial charge on any atom is -0.321 e. The van der Waals surface area contributed by atoms with Gasteiger partial charge in [0.1, 0.15) is 12.9 Å². The highest BCUT2D eigenvalue weighted by molar-refractivity contribution is 5.94. The first kappa shape index (κ1) is 20.2. The molecule has 0 spiro atoms. The number of hydrogen-bond donors (Lipinski definition) is 1. The zero-order valence-electron chi connectivity index (χ0n) is 15.2. The lowest BCUT2D eigenvalue weighted by atomic mass is 9.95. The van der Waals surface area contributed by atoms with Crippen LogP contribution < -0.4 is 5.32 Å². The van der Waals surface area contributed by atoms with Gasteiger partial charge in [-0.15, -0.1) is 10.2 Å². The molecule has 1 N–H and O–H groups in total. The number of nitrogens with one attached hydrogen (secondary N) is 1. The molecule has 0 saturated carbocycles. The van der Waals surface area contributed by atoms with Gasteiger partial charge in [0.2, 0.25) is 5.91 Å². The van der Waals surface area contributed by atoms with Gasteiger partial charge in [-0.3, -0.25) is 13.9 Å². The van der Waals surface area contributed by atoms with E-state index < -0.39 is 36.1 Å². The van der Waals surface area contributed by atoms with Gasteiger partial charge in [0.25, 0.3) is 0 Å². The fourth-order valence-corrected chi connectivity index (χ4v) is 3.54. The van der Waals surface area contributed by atoms with Gasteiger partial charge in [-0.05, 0) is 31.7 Å². The van der Waals surface area contributed by atoms with Gasteiger partial charge < -0.3 is 5.32 Å². The van der Waals surface area contributed by atoms with Crippen molar-refractivity contribution in [2.75, 3.05) is 5.32 Å². The molecule has 13 heteroatoms. The van der Waals surface area contributed by atoms with Crippen molar-refractivity contribution in [2.45, 2.75) is 44.6 Å². The number of fused-ring (bicyclic) bond motifs is 2. The molecule has 4 rings (SSSR count). The molecule has 160 valence electrons. The molecule has 3 aromatic rings. The van der Waals surface area contributed by atoms with Crippen LogP contribution in [0.15, 0.2) is 18.6 Å². The van der Waals surface area contributed by atoms with Gasteiger partial charge in [-0.2, -0.15) is 31.4 Å². The minimum atomic E-state index is -4.68. The smallest absolute Gasteiger partial charge is 0.321 e. The fourth-order valence-electron chi connectivity index (χ4n) is 3.54. The molecule has 0 bridgehead atoms. The lowest BCUT2D eigenvalue weighted by Crippen LogP contribution is -2.22. The molecule has 0 unspecified atom stereocenters. The number of carbonyl (C=O) groups is 1. The van der Waals surface area contributed by atoms with E-state index in [1.807, 2.05) is 0 Å². The van der Waals surface area contributed by atoms with Gasteiger partial charge in [-0.25, -0.2) is 0 Å². The topological polar surface area (TPSA) is 77.1 Å². The van der Waals surface area contributed by atoms with E-state index in [2.05, 4.69) is 20.6 Å². The molecular weight excluding hydrogens is 418 g/mol. The Hall–Kier alpha value is -3.12. The first-order chi connectivity index (χ1) is 14.0. The monoisotopic (exact) mass is 432 g/mol. The summed E-state index contributed by atoms with van der Waals surface area (Å²) in [6, 6.07) is 0.696. The number of aromatic nitrogens is 5. The first-order valence-corrected chi connectivity index (χ1v) is 8.90. The standard InChI is InChI=1S/C17H14F6N6O/c18-16(19,20)9-5-11(15-26-24-8-28(15)6-9)25-13(30)7-29-12-4-2-1-3-10(12)14(27-29)17(21,22)23/h5-6,8H,1-4,7H2,(H,25,30). The van der Waals surface area contributed by atoms with Crippen LogP contribution in [0.5, 0.6) is 0 Å². The Morgan fingerprint density at radius 1 is 1.10 bits per heavy atom. The summed E-state index contributed by atoms with van der Waals surface area (Å²) in [5, 5.41) is 13.0. The van der Waals surface area contributed by atoms with Crippen molar-refractivity contribution >= 4 is 17.2 Å². The molecule has 7 nitrogen and oxygen atoms in total. The maximum Gasteiger partial charge on any atom is 0.435 e. The third-order valence-electron chi connectivity index (χ3n) is 4.81. The van der Waals surface area contributed by atoms with Gasteiger partial charge in [0.05, 0.1) is 11.3 Å². The summed E-state index contributed by atoms with van der Waals surface area (Å²) in [5.74, 6) is -0.830. The number of nitrogens with zero attached hydrogens (tertiary/aromatic N) is 5. The van der Waals surface area contributed by atoms with Crippen molar-refractivity contribution in [3.8, 4) is 0 Å². The van der Waals surface area contributed by atoms with Crippen LogP contribution >= 0.6 is 0 Å². The van der Waals surface area contributed by atoms with E-state index in [4.69, 9.17) is 0 Å². The Morgan fingerprint density at radius 3 is 2.53 bits per heavy atom. The molecular formula is C17H14F6N6O. The van der Waals surface area contributed by atoms with E-state index in [0.717, 1.165) is 21.6 Å². The van der Waals surface area contributed by atoms with Crippen molar-refractivity contribution in [2.24, 2.45) is 0 Å². The van der Waals surface area contributed by atoms with Crippen LogP contribution in [-0.4, -0.2) is 30.3 Å². The van der Waals surface area contributed by atoms with Crippen molar-refractivity contribution in [1.29, 1.82) is 0 Å². The fraction of sp³-hybridized carbons (Fsp3) is 0.412. The summed E-state index contributed by atoms with van der Waals surface area (Å²) >= 11 is 0. The number of amides is 1. The second-order valence-electron chi connectivity index (χ2n) is 6.89. The molecule has 0 aliphatic heterocycles.